The molecular formula is C24H39O6PSi. The molecule has 1 atom stereocenters. The van der Waals surface area contributed by atoms with Crippen LogP contribution < -0.4 is 9.47 Å². The summed E-state index contributed by atoms with van der Waals surface area (Å²) in [5, 5.41) is 0. The number of hydrogen-bond acceptors (Lipinski definition) is 6. The number of rotatable bonds is 12. The Labute approximate surface area is 194 Å². The van der Waals surface area contributed by atoms with Crippen molar-refractivity contribution in [1.29, 1.82) is 0 Å². The van der Waals surface area contributed by atoms with Gasteiger partial charge in [-0.2, -0.15) is 0 Å². The summed E-state index contributed by atoms with van der Waals surface area (Å²) in [6.45, 7) is 15.7. The van der Waals surface area contributed by atoms with E-state index in [1.807, 2.05) is 20.8 Å². The second-order valence-corrected chi connectivity index (χ2v) is 18.1. The smallest absolute Gasteiger partial charge is 0.342 e. The molecular weight excluding hydrogens is 443 g/mol. The van der Waals surface area contributed by atoms with E-state index in [2.05, 4.69) is 25.7 Å². The summed E-state index contributed by atoms with van der Waals surface area (Å²) in [7, 11) is -2.22. The molecule has 0 N–H and O–H groups in total. The minimum Gasteiger partial charge on any atom is -0.496 e. The summed E-state index contributed by atoms with van der Waals surface area (Å²) in [6, 6.07) is 0.991. The fourth-order valence-electron chi connectivity index (χ4n) is 3.72. The maximum atomic E-state index is 12.6. The normalized spacial score (nSPS) is 15.9. The van der Waals surface area contributed by atoms with Crippen molar-refractivity contribution in [2.45, 2.75) is 65.9 Å². The Kier molecular flexibility index (Phi) is 9.21. The topological polar surface area (TPSA) is 71.1 Å². The molecule has 2 rings (SSSR count). The lowest BCUT2D eigenvalue weighted by molar-refractivity contribution is 0.0532. The third kappa shape index (κ3) is 6.97. The van der Waals surface area contributed by atoms with Crippen LogP contribution >= 0.6 is 7.37 Å². The minimum atomic E-state index is -2.57. The first-order chi connectivity index (χ1) is 14.9. The molecule has 0 aliphatic carbocycles. The Hall–Kier alpha value is -1.56. The van der Waals surface area contributed by atoms with Crippen molar-refractivity contribution in [3.8, 4) is 11.5 Å². The number of benzene rings is 1. The van der Waals surface area contributed by atoms with E-state index in [0.717, 1.165) is 34.1 Å². The highest BCUT2D eigenvalue weighted by molar-refractivity contribution is 7.58. The van der Waals surface area contributed by atoms with Gasteiger partial charge in [-0.3, -0.25) is 4.57 Å². The third-order valence-corrected chi connectivity index (χ3v) is 9.24. The standard InChI is InChI=1S/C24H39O6PSi/c1-9-30-31(5,26)14-12-17(2)10-11-19-22(27-4)18(3)20-16-29-24(25)21(20)23(19)28-13-15-32(6,7)8/h10H,9,11-16H2,1-8H3/b17-10+. The molecule has 1 heterocycles. The van der Waals surface area contributed by atoms with Crippen molar-refractivity contribution in [3.63, 3.8) is 0 Å². The largest absolute Gasteiger partial charge is 0.496 e. The third-order valence-electron chi connectivity index (χ3n) is 5.69. The van der Waals surface area contributed by atoms with E-state index in [1.165, 1.54) is 0 Å². The maximum Gasteiger partial charge on any atom is 0.342 e. The second-order valence-electron chi connectivity index (χ2n) is 9.71. The molecule has 0 aromatic heterocycles. The highest BCUT2D eigenvalue weighted by Gasteiger charge is 2.33. The zero-order valence-corrected chi connectivity index (χ0v) is 22.8. The fourth-order valence-corrected chi connectivity index (χ4v) is 5.87. The van der Waals surface area contributed by atoms with Crippen LogP contribution in [0.3, 0.4) is 0 Å². The van der Waals surface area contributed by atoms with Gasteiger partial charge in [0.25, 0.3) is 0 Å². The number of hydrogen-bond donors (Lipinski definition) is 0. The van der Waals surface area contributed by atoms with Crippen molar-refractivity contribution in [2.24, 2.45) is 0 Å². The van der Waals surface area contributed by atoms with Gasteiger partial charge in [-0.1, -0.05) is 31.3 Å². The van der Waals surface area contributed by atoms with Crippen LogP contribution in [0.15, 0.2) is 11.6 Å². The molecule has 0 spiro atoms. The molecule has 0 saturated carbocycles. The van der Waals surface area contributed by atoms with Gasteiger partial charge in [0, 0.05) is 32.0 Å². The predicted molar refractivity (Wildman–Crippen MR) is 133 cm³/mol. The predicted octanol–water partition coefficient (Wildman–Crippen LogP) is 6.21. The van der Waals surface area contributed by atoms with Crippen molar-refractivity contribution in [1.82, 2.24) is 0 Å². The molecule has 1 aliphatic heterocycles. The van der Waals surface area contributed by atoms with Crippen LogP contribution in [0, 0.1) is 6.92 Å². The van der Waals surface area contributed by atoms with Crippen LogP contribution in [-0.2, 0) is 26.9 Å². The van der Waals surface area contributed by atoms with Gasteiger partial charge in [0.05, 0.1) is 20.3 Å². The zero-order chi connectivity index (χ0) is 24.1. The number of fused-ring (bicyclic) bond motifs is 1. The van der Waals surface area contributed by atoms with Gasteiger partial charge in [-0.25, -0.2) is 4.79 Å². The lowest BCUT2D eigenvalue weighted by Crippen LogP contribution is -2.23. The summed E-state index contributed by atoms with van der Waals surface area (Å²) in [6.07, 6.45) is 3.85. The molecule has 1 aliphatic rings. The first kappa shape index (κ1) is 26.7. The van der Waals surface area contributed by atoms with Crippen molar-refractivity contribution in [2.75, 3.05) is 33.2 Å². The van der Waals surface area contributed by atoms with E-state index in [4.69, 9.17) is 18.7 Å². The van der Waals surface area contributed by atoms with E-state index >= 15 is 0 Å². The Morgan fingerprint density at radius 3 is 2.53 bits per heavy atom. The second kappa shape index (κ2) is 11.0. The average Bonchev–Trinajstić information content (AvgIpc) is 3.07. The molecule has 1 aromatic rings. The lowest BCUT2D eigenvalue weighted by atomic mass is 9.94. The van der Waals surface area contributed by atoms with Crippen LogP contribution in [0.5, 0.6) is 11.5 Å². The summed E-state index contributed by atoms with van der Waals surface area (Å²) >= 11 is 0. The van der Waals surface area contributed by atoms with Gasteiger partial charge in [0.15, 0.2) is 7.37 Å². The molecule has 32 heavy (non-hydrogen) atoms. The number of methoxy groups -OCH3 is 1. The molecule has 1 aromatic carbocycles. The molecule has 180 valence electrons. The van der Waals surface area contributed by atoms with Gasteiger partial charge >= 0.3 is 5.97 Å². The SMILES string of the molecule is CCOP(C)(=O)CC/C(C)=C/Cc1c(OC)c(C)c2c(c1OCC[Si](C)(C)C)C(=O)OC2. The van der Waals surface area contributed by atoms with Gasteiger partial charge in [-0.05, 0) is 45.2 Å². The maximum absolute atomic E-state index is 12.6. The molecule has 0 amide bonds. The molecule has 0 radical (unpaired) electrons. The molecule has 8 heteroatoms. The molecule has 6 nitrogen and oxygen atoms in total. The first-order valence-electron chi connectivity index (χ1n) is 11.3. The number of allylic oxidation sites excluding steroid dienone is 2. The molecule has 0 fully saturated rings. The van der Waals surface area contributed by atoms with Gasteiger partial charge in [0.2, 0.25) is 0 Å². The van der Waals surface area contributed by atoms with Crippen LogP contribution in [0.4, 0.5) is 0 Å². The van der Waals surface area contributed by atoms with E-state index < -0.39 is 15.4 Å². The van der Waals surface area contributed by atoms with Crippen LogP contribution in [0.1, 0.15) is 47.3 Å². The van der Waals surface area contributed by atoms with Gasteiger partial charge < -0.3 is 18.7 Å². The van der Waals surface area contributed by atoms with Crippen molar-refractivity contribution in [3.05, 3.63) is 33.9 Å². The van der Waals surface area contributed by atoms with E-state index in [-0.39, 0.29) is 12.6 Å². The Morgan fingerprint density at radius 2 is 1.94 bits per heavy atom. The fraction of sp³-hybridized carbons (Fsp3) is 0.625. The lowest BCUT2D eigenvalue weighted by Gasteiger charge is -2.21. The van der Waals surface area contributed by atoms with Crippen molar-refractivity contribution >= 4 is 21.4 Å². The summed E-state index contributed by atoms with van der Waals surface area (Å²) in [5.41, 5.74) is 4.28. The summed E-state index contributed by atoms with van der Waals surface area (Å²) in [5.74, 6) is 0.992. The number of esters is 1. The van der Waals surface area contributed by atoms with Crippen molar-refractivity contribution < 1.29 is 28.1 Å². The summed E-state index contributed by atoms with van der Waals surface area (Å²) < 4.78 is 35.2. The Balaban J connectivity index is 2.37. The average molecular weight is 483 g/mol. The number of carbonyl (C=O) groups excluding carboxylic acids is 1. The molecule has 0 bridgehead atoms. The highest BCUT2D eigenvalue weighted by atomic mass is 31.2. The van der Waals surface area contributed by atoms with Gasteiger partial charge in [-0.15, -0.1) is 0 Å². The Morgan fingerprint density at radius 1 is 1.25 bits per heavy atom. The van der Waals surface area contributed by atoms with E-state index in [0.29, 0.717) is 43.5 Å². The van der Waals surface area contributed by atoms with E-state index in [1.54, 1.807) is 13.8 Å². The van der Waals surface area contributed by atoms with Crippen LogP contribution in [0.25, 0.3) is 0 Å². The number of carbonyl (C=O) groups is 1. The quantitative estimate of drug-likeness (QED) is 0.153. The monoisotopic (exact) mass is 482 g/mol. The first-order valence-corrected chi connectivity index (χ1v) is 17.3. The minimum absolute atomic E-state index is 0.249. The zero-order valence-electron chi connectivity index (χ0n) is 20.9. The summed E-state index contributed by atoms with van der Waals surface area (Å²) in [4.78, 5) is 12.6. The Bertz CT molecular complexity index is 916. The molecule has 1 unspecified atom stereocenters. The number of ether oxygens (including phenoxy) is 3. The number of cyclic esters (lactones) is 1. The highest BCUT2D eigenvalue weighted by Crippen LogP contribution is 2.44. The van der Waals surface area contributed by atoms with Gasteiger partial charge in [0.1, 0.15) is 23.7 Å². The van der Waals surface area contributed by atoms with Crippen LogP contribution in [0.2, 0.25) is 25.7 Å². The van der Waals surface area contributed by atoms with E-state index in [9.17, 15) is 9.36 Å². The van der Waals surface area contributed by atoms with Crippen LogP contribution in [-0.4, -0.2) is 47.2 Å². The molecule has 0 saturated heterocycles.